The summed E-state index contributed by atoms with van der Waals surface area (Å²) in [5.41, 5.74) is -6.80. The average Bonchev–Trinajstić information content (AvgIpc) is 2.77. The van der Waals surface area contributed by atoms with Gasteiger partial charge in [-0.3, -0.25) is 4.79 Å². The van der Waals surface area contributed by atoms with Crippen LogP contribution >= 0.6 is 11.6 Å². The van der Waals surface area contributed by atoms with Crippen molar-refractivity contribution in [2.24, 2.45) is 0 Å². The van der Waals surface area contributed by atoms with Crippen molar-refractivity contribution < 1.29 is 70.3 Å². The lowest BCUT2D eigenvalue weighted by Crippen LogP contribution is -2.40. The van der Waals surface area contributed by atoms with Crippen LogP contribution in [-0.4, -0.2) is 44.2 Å². The Morgan fingerprint density at radius 3 is 1.91 bits per heavy atom. The lowest BCUT2D eigenvalue weighted by molar-refractivity contribution is -0.140. The number of alkyl halides is 12. The van der Waals surface area contributed by atoms with Crippen molar-refractivity contribution in [3.05, 3.63) is 75.3 Å². The molecule has 2 rings (SSSR count). The Hall–Kier alpha value is -3.02. The molecule has 1 amide bonds. The number of allylic oxidation sites excluding steroid dienone is 1. The second-order valence-electron chi connectivity index (χ2n) is 9.07. The normalized spacial score (nSPS) is 15.3. The Labute approximate surface area is 239 Å². The predicted molar refractivity (Wildman–Crippen MR) is 127 cm³/mol. The number of carbonyl (C=O) groups is 1. The van der Waals surface area contributed by atoms with E-state index in [1.807, 2.05) is 0 Å². The first-order valence-corrected chi connectivity index (χ1v) is 13.5. The first-order chi connectivity index (χ1) is 19.2. The zero-order valence-electron chi connectivity index (χ0n) is 21.0. The van der Waals surface area contributed by atoms with Crippen molar-refractivity contribution in [1.82, 2.24) is 5.32 Å². The molecule has 1 N–H and O–H groups in total. The topological polar surface area (TPSA) is 63.2 Å². The minimum atomic E-state index is -5.45. The molecule has 4 nitrogen and oxygen atoms in total. The van der Waals surface area contributed by atoms with Gasteiger partial charge >= 0.3 is 24.7 Å². The van der Waals surface area contributed by atoms with Gasteiger partial charge in [0.2, 0.25) is 0 Å². The summed E-state index contributed by atoms with van der Waals surface area (Å²) in [5.74, 6) is -10.1. The highest BCUT2D eigenvalue weighted by Gasteiger charge is 2.42. The van der Waals surface area contributed by atoms with Gasteiger partial charge in [-0.2, -0.15) is 52.7 Å². The van der Waals surface area contributed by atoms with Gasteiger partial charge in [0, 0.05) is 11.6 Å². The molecule has 0 aliphatic rings. The van der Waals surface area contributed by atoms with Crippen LogP contribution in [0.5, 0.6) is 0 Å². The molecule has 0 fully saturated rings. The fraction of sp³-hybridized carbons (Fsp3) is 0.375. The highest BCUT2D eigenvalue weighted by Crippen LogP contribution is 2.42. The fourth-order valence-corrected chi connectivity index (χ4v) is 5.49. The second-order valence-corrected chi connectivity index (χ2v) is 11.6. The van der Waals surface area contributed by atoms with E-state index in [9.17, 15) is 70.3 Å². The van der Waals surface area contributed by atoms with Gasteiger partial charge in [-0.25, -0.2) is 12.8 Å². The van der Waals surface area contributed by atoms with Crippen molar-refractivity contribution in [3.63, 3.8) is 0 Å². The van der Waals surface area contributed by atoms with Gasteiger partial charge in [0.15, 0.2) is 9.84 Å². The van der Waals surface area contributed by atoms with E-state index in [2.05, 4.69) is 0 Å². The molecule has 43 heavy (non-hydrogen) atoms. The molecule has 240 valence electrons. The third kappa shape index (κ3) is 10.3. The molecule has 0 saturated heterocycles. The van der Waals surface area contributed by atoms with Crippen LogP contribution < -0.4 is 5.32 Å². The van der Waals surface area contributed by atoms with Gasteiger partial charge in [0.25, 0.3) is 5.91 Å². The maximum Gasteiger partial charge on any atom is 0.417 e. The highest BCUT2D eigenvalue weighted by atomic mass is 35.5. The minimum Gasteiger partial charge on any atom is -0.349 e. The van der Waals surface area contributed by atoms with E-state index >= 15 is 0 Å². The van der Waals surface area contributed by atoms with Crippen LogP contribution in [0.1, 0.15) is 45.5 Å². The van der Waals surface area contributed by atoms with Gasteiger partial charge < -0.3 is 5.32 Å². The smallest absolute Gasteiger partial charge is 0.349 e. The quantitative estimate of drug-likeness (QED) is 0.286. The average molecular weight is 682 g/mol. The first kappa shape index (κ1) is 36.2. The van der Waals surface area contributed by atoms with Crippen molar-refractivity contribution in [2.75, 3.05) is 11.5 Å². The molecule has 2 aromatic rings. The number of sulfone groups is 1. The molecule has 0 spiro atoms. The van der Waals surface area contributed by atoms with E-state index in [0.717, 1.165) is 6.92 Å². The summed E-state index contributed by atoms with van der Waals surface area (Å²) in [7, 11) is -4.86. The second kappa shape index (κ2) is 12.5. The molecule has 0 bridgehead atoms. The summed E-state index contributed by atoms with van der Waals surface area (Å²) in [4.78, 5) is 12.4. The number of nitrogens with one attached hydrogen (secondary N) is 1. The molecule has 0 aliphatic heterocycles. The van der Waals surface area contributed by atoms with Crippen LogP contribution in [0, 0.1) is 0 Å². The summed E-state index contributed by atoms with van der Waals surface area (Å²) in [6.45, 7) is 0.876. The number of rotatable bonds is 8. The first-order valence-electron chi connectivity index (χ1n) is 11.3. The van der Waals surface area contributed by atoms with E-state index < -0.39 is 103 Å². The summed E-state index contributed by atoms with van der Waals surface area (Å²) in [5, 5.41) is 0.594. The van der Waals surface area contributed by atoms with Crippen molar-refractivity contribution in [3.8, 4) is 0 Å². The fourth-order valence-electron chi connectivity index (χ4n) is 3.73. The molecule has 1 unspecified atom stereocenters. The van der Waals surface area contributed by atoms with Gasteiger partial charge in [-0.05, 0) is 42.8 Å². The third-order valence-corrected chi connectivity index (χ3v) is 7.52. The van der Waals surface area contributed by atoms with Crippen molar-refractivity contribution in [2.45, 2.75) is 43.6 Å². The lowest BCUT2D eigenvalue weighted by atomic mass is 9.94. The molecule has 0 heterocycles. The molecule has 0 aliphatic carbocycles. The third-order valence-electron chi connectivity index (χ3n) is 5.43. The number of carbonyl (C=O) groups excluding carboxylic acids is 1. The van der Waals surface area contributed by atoms with E-state index in [-0.39, 0.29) is 24.3 Å². The Morgan fingerprint density at radius 1 is 0.884 bits per heavy atom. The Bertz CT molecular complexity index is 1480. The molecule has 2 atom stereocenters. The van der Waals surface area contributed by atoms with E-state index in [0.29, 0.717) is 18.2 Å². The van der Waals surface area contributed by atoms with E-state index in [1.54, 1.807) is 5.32 Å². The zero-order chi connectivity index (χ0) is 33.3. The van der Waals surface area contributed by atoms with Crippen LogP contribution in [0.25, 0.3) is 5.83 Å². The maximum atomic E-state index is 14.9. The molecule has 0 aromatic heterocycles. The van der Waals surface area contributed by atoms with Crippen LogP contribution in [0.15, 0.2) is 42.5 Å². The van der Waals surface area contributed by atoms with E-state index in [1.165, 1.54) is 0 Å². The maximum absolute atomic E-state index is 14.9. The summed E-state index contributed by atoms with van der Waals surface area (Å²) in [6, 6.07) is -0.103. The van der Waals surface area contributed by atoms with Crippen molar-refractivity contribution >= 4 is 33.2 Å². The van der Waals surface area contributed by atoms with Gasteiger partial charge in [-0.15, -0.1) is 0 Å². The predicted octanol–water partition coefficient (Wildman–Crippen LogP) is 8.13. The monoisotopic (exact) mass is 681 g/mol. The summed E-state index contributed by atoms with van der Waals surface area (Å²) in [6.07, 6.45) is -21.2. The Balaban J connectivity index is 2.47. The largest absolute Gasteiger partial charge is 0.417 e. The van der Waals surface area contributed by atoms with E-state index in [4.69, 9.17) is 11.6 Å². The van der Waals surface area contributed by atoms with Gasteiger partial charge in [-0.1, -0.05) is 23.7 Å². The Morgan fingerprint density at radius 2 is 1.44 bits per heavy atom. The van der Waals surface area contributed by atoms with Crippen LogP contribution in [0.2, 0.25) is 5.02 Å². The van der Waals surface area contributed by atoms with Crippen molar-refractivity contribution in [1.29, 1.82) is 0 Å². The minimum absolute atomic E-state index is 0.0566. The molecule has 0 saturated carbocycles. The molecule has 2 aromatic carbocycles. The highest BCUT2D eigenvalue weighted by molar-refractivity contribution is 7.91. The number of hydrogen-bond acceptors (Lipinski definition) is 3. The number of amides is 1. The SMILES string of the molecule is C[C@H](CS(=O)(=O)CC(F)(F)F)NC(=O)c1ccc(/C(F)=C/C(c2ccc(C(F)(F)F)c(Cl)c2)C(F)(F)F)cc1C(F)(F)F. The van der Waals surface area contributed by atoms with Gasteiger partial charge in [0.05, 0.1) is 27.5 Å². The summed E-state index contributed by atoms with van der Waals surface area (Å²) < 4.78 is 196. The Kier molecular flexibility index (Phi) is 10.5. The molecular weight excluding hydrogens is 665 g/mol. The number of benzene rings is 2. The van der Waals surface area contributed by atoms with Gasteiger partial charge in [0.1, 0.15) is 17.5 Å². The number of hydrogen-bond donors (Lipinski definition) is 1. The molecule has 19 heteroatoms. The van der Waals surface area contributed by atoms with Crippen LogP contribution in [-0.2, 0) is 22.2 Å². The number of halogens is 14. The summed E-state index contributed by atoms with van der Waals surface area (Å²) >= 11 is 5.43. The standard InChI is InChI=1S/C24H17ClF13NO3S/c1-11(9-43(41,42)10-21(27,28)29)39-20(40)14-4-2-13(6-17(14)24(36,37)38)19(26)8-16(23(33,34)35)12-3-5-15(18(25)7-12)22(30,31)32/h2-8,11,16H,9-10H2,1H3,(H,39,40)/b19-8-/t11-,16?/m1/s1. The zero-order valence-corrected chi connectivity index (χ0v) is 22.6. The molecular formula is C24H17ClF13NO3S. The van der Waals surface area contributed by atoms with Crippen LogP contribution in [0.4, 0.5) is 57.1 Å². The lowest BCUT2D eigenvalue weighted by Gasteiger charge is -2.20. The van der Waals surface area contributed by atoms with Crippen LogP contribution in [0.3, 0.4) is 0 Å². The molecule has 0 radical (unpaired) electrons.